The summed E-state index contributed by atoms with van der Waals surface area (Å²) < 4.78 is 5.11. The predicted molar refractivity (Wildman–Crippen MR) is 56.0 cm³/mol. The van der Waals surface area contributed by atoms with Gasteiger partial charge in [-0.2, -0.15) is 0 Å². The Labute approximate surface area is 94.5 Å². The van der Waals surface area contributed by atoms with Crippen LogP contribution in [0.3, 0.4) is 0 Å². The zero-order chi connectivity index (χ0) is 12.4. The number of hydrogen-bond acceptors (Lipinski definition) is 5. The highest BCUT2D eigenvalue weighted by atomic mass is 16.5. The predicted octanol–water partition coefficient (Wildman–Crippen LogP) is -0.638. The van der Waals surface area contributed by atoms with Gasteiger partial charge in [-0.1, -0.05) is 0 Å². The Morgan fingerprint density at radius 3 is 2.12 bits per heavy atom. The highest BCUT2D eigenvalue weighted by molar-refractivity contribution is 5.67. The molecule has 96 valence electrons. The number of carbonyl (C=O) groups is 1. The van der Waals surface area contributed by atoms with Gasteiger partial charge < -0.3 is 25.2 Å². The number of hydrogen-bond donors (Lipinski definition) is 4. The highest BCUT2D eigenvalue weighted by Gasteiger charge is 2.09. The minimum atomic E-state index is -1.04. The maximum absolute atomic E-state index is 10.2. The molecule has 0 aliphatic heterocycles. The molecule has 0 fully saturated rings. The van der Waals surface area contributed by atoms with Crippen molar-refractivity contribution in [3.05, 3.63) is 0 Å². The van der Waals surface area contributed by atoms with Crippen molar-refractivity contribution >= 4 is 5.97 Å². The van der Waals surface area contributed by atoms with Gasteiger partial charge in [0.1, 0.15) is 0 Å². The fraction of sp³-hybridized carbons (Fsp3) is 0.900. The average molecular weight is 236 g/mol. The molecule has 0 amide bonds. The van der Waals surface area contributed by atoms with E-state index in [1.54, 1.807) is 0 Å². The van der Waals surface area contributed by atoms with Crippen LogP contribution < -0.4 is 0 Å². The normalized spacial score (nSPS) is 14.7. The molecule has 0 heterocycles. The van der Waals surface area contributed by atoms with E-state index in [4.69, 9.17) is 20.1 Å². The summed E-state index contributed by atoms with van der Waals surface area (Å²) in [7, 11) is 0. The molecule has 0 aromatic carbocycles. The molecule has 4 N–H and O–H groups in total. The molecule has 0 saturated carbocycles. The van der Waals surface area contributed by atoms with E-state index in [0.29, 0.717) is 19.4 Å². The third kappa shape index (κ3) is 9.85. The maximum Gasteiger partial charge on any atom is 0.305 e. The number of carboxylic acid groups (broad SMARTS) is 1. The largest absolute Gasteiger partial charge is 0.481 e. The van der Waals surface area contributed by atoms with E-state index in [1.165, 1.54) is 0 Å². The minimum absolute atomic E-state index is 0.0571. The monoisotopic (exact) mass is 236 g/mol. The van der Waals surface area contributed by atoms with E-state index in [0.717, 1.165) is 0 Å². The average Bonchev–Trinajstić information content (AvgIpc) is 2.16. The van der Waals surface area contributed by atoms with E-state index in [-0.39, 0.29) is 26.1 Å². The first-order valence-corrected chi connectivity index (χ1v) is 5.32. The first-order chi connectivity index (χ1) is 7.56. The Morgan fingerprint density at radius 1 is 1.06 bits per heavy atom. The molecule has 0 bridgehead atoms. The Morgan fingerprint density at radius 2 is 1.62 bits per heavy atom. The summed E-state index contributed by atoms with van der Waals surface area (Å²) >= 11 is 0. The lowest BCUT2D eigenvalue weighted by Crippen LogP contribution is -2.17. The second kappa shape index (κ2) is 9.53. The molecule has 2 atom stereocenters. The van der Waals surface area contributed by atoms with Crippen molar-refractivity contribution < 1.29 is 30.0 Å². The van der Waals surface area contributed by atoms with E-state index in [2.05, 4.69) is 0 Å². The van der Waals surface area contributed by atoms with Gasteiger partial charge >= 0.3 is 5.97 Å². The molecule has 0 rings (SSSR count). The van der Waals surface area contributed by atoms with Gasteiger partial charge in [-0.05, 0) is 19.3 Å². The maximum atomic E-state index is 10.2. The van der Waals surface area contributed by atoms with Crippen molar-refractivity contribution in [2.45, 2.75) is 37.9 Å². The second-order valence-electron chi connectivity index (χ2n) is 3.61. The van der Waals surface area contributed by atoms with Crippen LogP contribution in [0.5, 0.6) is 0 Å². The quantitative estimate of drug-likeness (QED) is 0.376. The number of aliphatic carboxylic acids is 1. The third-order valence-corrected chi connectivity index (χ3v) is 2.06. The summed E-state index contributed by atoms with van der Waals surface area (Å²) in [5.74, 6) is -1.04. The van der Waals surface area contributed by atoms with Crippen LogP contribution in [0.25, 0.3) is 0 Å². The number of aliphatic hydroxyl groups is 3. The van der Waals surface area contributed by atoms with Crippen molar-refractivity contribution in [2.24, 2.45) is 0 Å². The molecule has 0 unspecified atom stereocenters. The number of carboxylic acids is 1. The molecule has 6 heteroatoms. The lowest BCUT2D eigenvalue weighted by atomic mass is 10.2. The van der Waals surface area contributed by atoms with E-state index in [9.17, 15) is 9.90 Å². The van der Waals surface area contributed by atoms with Gasteiger partial charge in [-0.3, -0.25) is 4.79 Å². The lowest BCUT2D eigenvalue weighted by Gasteiger charge is -2.10. The van der Waals surface area contributed by atoms with Gasteiger partial charge in [-0.15, -0.1) is 0 Å². The molecule has 16 heavy (non-hydrogen) atoms. The van der Waals surface area contributed by atoms with Crippen molar-refractivity contribution in [2.75, 3.05) is 19.8 Å². The first kappa shape index (κ1) is 15.3. The van der Waals surface area contributed by atoms with Crippen LogP contribution in [0.1, 0.15) is 25.7 Å². The Bertz CT molecular complexity index is 184. The van der Waals surface area contributed by atoms with Crippen LogP contribution in [0.2, 0.25) is 0 Å². The molecular formula is C10H20O6. The van der Waals surface area contributed by atoms with Crippen LogP contribution in [-0.4, -0.2) is 58.4 Å². The van der Waals surface area contributed by atoms with Crippen LogP contribution in [0, 0.1) is 0 Å². The van der Waals surface area contributed by atoms with Gasteiger partial charge in [0, 0.05) is 19.8 Å². The smallest absolute Gasteiger partial charge is 0.305 e. The molecule has 0 aromatic rings. The fourth-order valence-electron chi connectivity index (χ4n) is 1.14. The lowest BCUT2D eigenvalue weighted by molar-refractivity contribution is -0.139. The summed E-state index contributed by atoms with van der Waals surface area (Å²) in [4.78, 5) is 10.2. The molecule has 0 aliphatic rings. The topological polar surface area (TPSA) is 107 Å². The minimum Gasteiger partial charge on any atom is -0.481 e. The number of ether oxygens (including phenoxy) is 1. The van der Waals surface area contributed by atoms with Crippen LogP contribution in [-0.2, 0) is 9.53 Å². The van der Waals surface area contributed by atoms with Gasteiger partial charge in [0.05, 0.1) is 18.6 Å². The van der Waals surface area contributed by atoms with E-state index in [1.807, 2.05) is 0 Å². The zero-order valence-corrected chi connectivity index (χ0v) is 9.21. The Balaban J connectivity index is 3.29. The molecule has 0 aromatic heterocycles. The SMILES string of the molecule is O=C(O)C[C@H](O)CCOCC[C@@H](O)CCO. The van der Waals surface area contributed by atoms with Crippen LogP contribution in [0.15, 0.2) is 0 Å². The molecule has 0 spiro atoms. The standard InChI is InChI=1S/C10H20O6/c11-4-1-8(12)2-5-16-6-3-9(13)7-10(14)15/h8-9,11-13H,1-7H2,(H,14,15)/t8-,9+/m0/s1. The summed E-state index contributed by atoms with van der Waals surface area (Å²) in [6.07, 6.45) is -0.728. The summed E-state index contributed by atoms with van der Waals surface area (Å²) in [6, 6.07) is 0. The summed E-state index contributed by atoms with van der Waals surface area (Å²) in [5.41, 5.74) is 0. The van der Waals surface area contributed by atoms with Gasteiger partial charge in [0.15, 0.2) is 0 Å². The molecule has 0 radical (unpaired) electrons. The Hall–Kier alpha value is -0.690. The molecular weight excluding hydrogens is 216 g/mol. The Kier molecular flexibility index (Phi) is 9.12. The first-order valence-electron chi connectivity index (χ1n) is 5.32. The van der Waals surface area contributed by atoms with Gasteiger partial charge in [0.2, 0.25) is 0 Å². The van der Waals surface area contributed by atoms with Crippen molar-refractivity contribution in [1.82, 2.24) is 0 Å². The second-order valence-corrected chi connectivity index (χ2v) is 3.61. The zero-order valence-electron chi connectivity index (χ0n) is 9.21. The highest BCUT2D eigenvalue weighted by Crippen LogP contribution is 2.01. The van der Waals surface area contributed by atoms with Gasteiger partial charge in [0.25, 0.3) is 0 Å². The van der Waals surface area contributed by atoms with Crippen molar-refractivity contribution in [3.63, 3.8) is 0 Å². The van der Waals surface area contributed by atoms with Crippen molar-refractivity contribution in [3.8, 4) is 0 Å². The van der Waals surface area contributed by atoms with Crippen LogP contribution in [0.4, 0.5) is 0 Å². The van der Waals surface area contributed by atoms with E-state index >= 15 is 0 Å². The van der Waals surface area contributed by atoms with Crippen LogP contribution >= 0.6 is 0 Å². The van der Waals surface area contributed by atoms with Gasteiger partial charge in [-0.25, -0.2) is 0 Å². The summed E-state index contributed by atoms with van der Waals surface area (Å²) in [6.45, 7) is 0.541. The summed E-state index contributed by atoms with van der Waals surface area (Å²) in [5, 5.41) is 35.2. The number of aliphatic hydroxyl groups excluding tert-OH is 3. The fourth-order valence-corrected chi connectivity index (χ4v) is 1.14. The van der Waals surface area contributed by atoms with E-state index < -0.39 is 18.2 Å². The van der Waals surface area contributed by atoms with Crippen molar-refractivity contribution in [1.29, 1.82) is 0 Å². The third-order valence-electron chi connectivity index (χ3n) is 2.06. The number of rotatable bonds is 10. The molecule has 0 saturated heterocycles. The molecule has 6 nitrogen and oxygen atoms in total. The molecule has 0 aliphatic carbocycles.